The first kappa shape index (κ1) is 12.9. The van der Waals surface area contributed by atoms with Gasteiger partial charge < -0.3 is 4.74 Å². The lowest BCUT2D eigenvalue weighted by Crippen LogP contribution is -1.98. The van der Waals surface area contributed by atoms with Gasteiger partial charge in [0.1, 0.15) is 7.85 Å². The van der Waals surface area contributed by atoms with Crippen molar-refractivity contribution in [1.82, 2.24) is 0 Å². The molecule has 0 saturated carbocycles. The summed E-state index contributed by atoms with van der Waals surface area (Å²) in [6, 6.07) is 5.85. The number of carbonyl (C=O) groups is 1. The largest absolute Gasteiger partial charge is 0.463 e. The molecule has 0 aliphatic carbocycles. The number of ether oxygens (including phenoxy) is 1. The van der Waals surface area contributed by atoms with Gasteiger partial charge in [0, 0.05) is 15.7 Å². The molecule has 4 heteroatoms. The van der Waals surface area contributed by atoms with Gasteiger partial charge in [-0.2, -0.15) is 0 Å². The van der Waals surface area contributed by atoms with Gasteiger partial charge in [-0.05, 0) is 30.9 Å². The van der Waals surface area contributed by atoms with E-state index in [2.05, 4.69) is 0 Å². The van der Waals surface area contributed by atoms with Crippen molar-refractivity contribution in [2.24, 2.45) is 0 Å². The monoisotopic (exact) mass is 256 g/mol. The van der Waals surface area contributed by atoms with E-state index in [9.17, 15) is 4.79 Å². The minimum atomic E-state index is -0.311. The molecule has 18 heavy (non-hydrogen) atoms. The van der Waals surface area contributed by atoms with E-state index in [0.717, 1.165) is 20.6 Å². The van der Waals surface area contributed by atoms with Crippen LogP contribution in [0.3, 0.4) is 0 Å². The summed E-state index contributed by atoms with van der Waals surface area (Å²) in [5, 5.41) is 1.18. The molecule has 0 aliphatic heterocycles. The third kappa shape index (κ3) is 2.64. The van der Waals surface area contributed by atoms with Crippen molar-refractivity contribution in [1.29, 1.82) is 0 Å². The number of rotatable bonds is 3. The zero-order valence-electron chi connectivity index (χ0n) is 10.4. The highest BCUT2D eigenvalue weighted by atomic mass is 32.1. The Balaban J connectivity index is 2.34. The second kappa shape index (κ2) is 5.40. The first-order valence-corrected chi connectivity index (χ1v) is 6.57. The molecule has 0 spiro atoms. The lowest BCUT2D eigenvalue weighted by atomic mass is 9.95. The van der Waals surface area contributed by atoms with Crippen LogP contribution in [0.25, 0.3) is 16.2 Å². The van der Waals surface area contributed by atoms with Crippen molar-refractivity contribution in [3.8, 4) is 0 Å². The van der Waals surface area contributed by atoms with Gasteiger partial charge in [-0.25, -0.2) is 4.79 Å². The van der Waals surface area contributed by atoms with E-state index in [-0.39, 0.29) is 5.97 Å². The van der Waals surface area contributed by atoms with Crippen LogP contribution in [0.4, 0.5) is 0 Å². The Labute approximate surface area is 112 Å². The smallest absolute Gasteiger partial charge is 0.330 e. The lowest BCUT2D eigenvalue weighted by Gasteiger charge is -1.95. The number of aryl methyl sites for hydroxylation is 1. The SMILES string of the molecule is [B]c1ccc2c(C)c(/C=C/C(=O)OCC)sc2c1. The molecule has 0 aliphatic rings. The molecule has 2 nitrogen and oxygen atoms in total. The van der Waals surface area contributed by atoms with Gasteiger partial charge in [-0.1, -0.05) is 23.7 Å². The van der Waals surface area contributed by atoms with Gasteiger partial charge in [-0.15, -0.1) is 11.3 Å². The zero-order chi connectivity index (χ0) is 13.1. The lowest BCUT2D eigenvalue weighted by molar-refractivity contribution is -0.137. The van der Waals surface area contributed by atoms with Crippen LogP contribution in [-0.2, 0) is 9.53 Å². The van der Waals surface area contributed by atoms with Crippen molar-refractivity contribution in [2.45, 2.75) is 13.8 Å². The molecule has 1 aromatic carbocycles. The average molecular weight is 256 g/mol. The Morgan fingerprint density at radius 3 is 3.00 bits per heavy atom. The fourth-order valence-corrected chi connectivity index (χ4v) is 2.92. The Hall–Kier alpha value is -1.55. The van der Waals surface area contributed by atoms with Crippen LogP contribution in [0.2, 0.25) is 0 Å². The third-order valence-corrected chi connectivity index (χ3v) is 3.88. The first-order valence-electron chi connectivity index (χ1n) is 5.75. The summed E-state index contributed by atoms with van der Waals surface area (Å²) >= 11 is 1.62. The molecular weight excluding hydrogens is 243 g/mol. The summed E-state index contributed by atoms with van der Waals surface area (Å²) in [5.74, 6) is -0.311. The van der Waals surface area contributed by atoms with Crippen LogP contribution in [0.5, 0.6) is 0 Å². The van der Waals surface area contributed by atoms with E-state index < -0.39 is 0 Å². The van der Waals surface area contributed by atoms with Crippen molar-refractivity contribution in [3.05, 3.63) is 34.7 Å². The van der Waals surface area contributed by atoms with Gasteiger partial charge in [0.05, 0.1) is 6.61 Å². The quantitative estimate of drug-likeness (QED) is 0.479. The Kier molecular flexibility index (Phi) is 3.87. The van der Waals surface area contributed by atoms with Crippen molar-refractivity contribution in [2.75, 3.05) is 6.61 Å². The van der Waals surface area contributed by atoms with E-state index in [1.807, 2.05) is 25.1 Å². The van der Waals surface area contributed by atoms with Gasteiger partial charge in [0.25, 0.3) is 0 Å². The zero-order valence-corrected chi connectivity index (χ0v) is 11.2. The van der Waals surface area contributed by atoms with Crippen LogP contribution in [0, 0.1) is 6.92 Å². The normalized spacial score (nSPS) is 11.2. The topological polar surface area (TPSA) is 26.3 Å². The second-order valence-corrected chi connectivity index (χ2v) is 5.02. The van der Waals surface area contributed by atoms with E-state index in [1.54, 1.807) is 24.3 Å². The molecule has 2 aromatic rings. The Morgan fingerprint density at radius 1 is 1.50 bits per heavy atom. The molecular formula is C14H13BO2S. The number of hydrogen-bond donors (Lipinski definition) is 0. The standard InChI is InChI=1S/C14H13BO2S/c1-3-17-14(16)7-6-12-9(2)11-5-4-10(15)8-13(11)18-12/h4-8H,3H2,1-2H3/b7-6+. The molecule has 2 radical (unpaired) electrons. The predicted molar refractivity (Wildman–Crippen MR) is 77.6 cm³/mol. The van der Waals surface area contributed by atoms with Gasteiger partial charge >= 0.3 is 5.97 Å². The first-order chi connectivity index (χ1) is 8.61. The fourth-order valence-electron chi connectivity index (χ4n) is 1.75. The summed E-state index contributed by atoms with van der Waals surface area (Å²) in [5.41, 5.74) is 1.92. The number of esters is 1. The minimum Gasteiger partial charge on any atom is -0.463 e. The van der Waals surface area contributed by atoms with E-state index in [1.165, 1.54) is 11.5 Å². The summed E-state index contributed by atoms with van der Waals surface area (Å²) in [6.07, 6.45) is 3.26. The number of fused-ring (bicyclic) bond motifs is 1. The molecule has 0 N–H and O–H groups in total. The van der Waals surface area contributed by atoms with Crippen molar-refractivity contribution >= 4 is 46.8 Å². The maximum absolute atomic E-state index is 11.3. The molecule has 0 fully saturated rings. The molecule has 0 unspecified atom stereocenters. The molecule has 1 aromatic heterocycles. The van der Waals surface area contributed by atoms with E-state index >= 15 is 0 Å². The molecule has 1 heterocycles. The van der Waals surface area contributed by atoms with E-state index in [4.69, 9.17) is 12.6 Å². The van der Waals surface area contributed by atoms with Crippen LogP contribution < -0.4 is 5.46 Å². The second-order valence-electron chi connectivity index (χ2n) is 3.93. The number of thiophene rings is 1. The minimum absolute atomic E-state index is 0.311. The molecule has 90 valence electrons. The summed E-state index contributed by atoms with van der Waals surface area (Å²) in [6.45, 7) is 4.23. The Morgan fingerprint density at radius 2 is 2.28 bits per heavy atom. The molecule has 0 atom stereocenters. The van der Waals surface area contributed by atoms with Crippen LogP contribution in [0.1, 0.15) is 17.4 Å². The van der Waals surface area contributed by atoms with Crippen molar-refractivity contribution < 1.29 is 9.53 Å². The maximum atomic E-state index is 11.3. The molecule has 0 amide bonds. The van der Waals surface area contributed by atoms with Crippen LogP contribution in [0.15, 0.2) is 24.3 Å². The number of benzene rings is 1. The van der Waals surface area contributed by atoms with Gasteiger partial charge in [-0.3, -0.25) is 0 Å². The molecule has 2 rings (SSSR count). The van der Waals surface area contributed by atoms with Crippen molar-refractivity contribution in [3.63, 3.8) is 0 Å². The molecule has 0 saturated heterocycles. The summed E-state index contributed by atoms with van der Waals surface area (Å²) in [4.78, 5) is 12.3. The van der Waals surface area contributed by atoms with Crippen LogP contribution in [-0.4, -0.2) is 20.4 Å². The van der Waals surface area contributed by atoms with Gasteiger partial charge in [0.15, 0.2) is 0 Å². The van der Waals surface area contributed by atoms with E-state index in [0.29, 0.717) is 6.61 Å². The molecule has 0 bridgehead atoms. The number of carbonyl (C=O) groups excluding carboxylic acids is 1. The Bertz CT molecular complexity index is 614. The fraction of sp³-hybridized carbons (Fsp3) is 0.214. The van der Waals surface area contributed by atoms with Gasteiger partial charge in [0.2, 0.25) is 0 Å². The highest BCUT2D eigenvalue weighted by Crippen LogP contribution is 2.30. The summed E-state index contributed by atoms with van der Waals surface area (Å²) < 4.78 is 5.99. The third-order valence-electron chi connectivity index (χ3n) is 2.66. The van der Waals surface area contributed by atoms with Crippen LogP contribution >= 0.6 is 11.3 Å². The predicted octanol–water partition coefficient (Wildman–Crippen LogP) is 2.58. The average Bonchev–Trinajstić information content (AvgIpc) is 2.63. The highest BCUT2D eigenvalue weighted by Gasteiger charge is 2.06. The number of hydrogen-bond acceptors (Lipinski definition) is 3. The highest BCUT2D eigenvalue weighted by molar-refractivity contribution is 7.20. The maximum Gasteiger partial charge on any atom is 0.330 e. The summed E-state index contributed by atoms with van der Waals surface area (Å²) in [7, 11) is 5.76.